The highest BCUT2D eigenvalue weighted by atomic mass is 35.5. The first-order chi connectivity index (χ1) is 11.5. The molecular formula is C19H28ClN3O. The Hall–Kier alpha value is -1.10. The molecule has 0 bridgehead atoms. The number of likely N-dealkylation sites (N-methyl/N-ethyl adjacent to an activating group) is 1. The molecule has 0 aliphatic carbocycles. The van der Waals surface area contributed by atoms with Gasteiger partial charge in [0.05, 0.1) is 0 Å². The van der Waals surface area contributed by atoms with Gasteiger partial charge in [0.15, 0.2) is 0 Å². The Kier molecular flexibility index (Phi) is 5.80. The van der Waals surface area contributed by atoms with Crippen molar-refractivity contribution in [3.63, 3.8) is 0 Å². The number of carbonyl (C=O) groups is 1. The number of benzene rings is 1. The zero-order valence-corrected chi connectivity index (χ0v) is 15.5. The van der Waals surface area contributed by atoms with Crippen molar-refractivity contribution in [1.82, 2.24) is 14.7 Å². The van der Waals surface area contributed by atoms with E-state index in [-0.39, 0.29) is 5.91 Å². The number of halogens is 1. The topological polar surface area (TPSA) is 26.8 Å². The minimum absolute atomic E-state index is 0.115. The molecule has 1 aromatic carbocycles. The molecule has 0 unspecified atom stereocenters. The van der Waals surface area contributed by atoms with Gasteiger partial charge >= 0.3 is 0 Å². The van der Waals surface area contributed by atoms with Gasteiger partial charge in [-0.3, -0.25) is 9.69 Å². The normalized spacial score (nSPS) is 24.3. The lowest BCUT2D eigenvalue weighted by Gasteiger charge is -2.41. The molecule has 0 saturated carbocycles. The van der Waals surface area contributed by atoms with E-state index in [9.17, 15) is 4.79 Å². The van der Waals surface area contributed by atoms with Crippen LogP contribution in [0.4, 0.5) is 0 Å². The highest BCUT2D eigenvalue weighted by molar-refractivity contribution is 6.30. The Morgan fingerprint density at radius 1 is 1.21 bits per heavy atom. The van der Waals surface area contributed by atoms with E-state index in [2.05, 4.69) is 23.8 Å². The molecule has 0 N–H and O–H groups in total. The second-order valence-corrected chi connectivity index (χ2v) is 7.79. The SMILES string of the molecule is C[C@@H]1CN(C)CCN1CC1CCN(C(=O)c2cccc(Cl)c2)CC1. The van der Waals surface area contributed by atoms with E-state index in [0.717, 1.165) is 39.0 Å². The van der Waals surface area contributed by atoms with Crippen molar-refractivity contribution in [3.8, 4) is 0 Å². The van der Waals surface area contributed by atoms with Gasteiger partial charge in [0.1, 0.15) is 0 Å². The van der Waals surface area contributed by atoms with Crippen LogP contribution in [0.25, 0.3) is 0 Å². The van der Waals surface area contributed by atoms with Crippen molar-refractivity contribution in [3.05, 3.63) is 34.9 Å². The van der Waals surface area contributed by atoms with Gasteiger partial charge in [-0.15, -0.1) is 0 Å². The lowest BCUT2D eigenvalue weighted by molar-refractivity contribution is 0.0556. The summed E-state index contributed by atoms with van der Waals surface area (Å²) in [4.78, 5) is 19.6. The molecule has 5 heteroatoms. The molecule has 24 heavy (non-hydrogen) atoms. The molecule has 0 spiro atoms. The van der Waals surface area contributed by atoms with Gasteiger partial charge in [-0.05, 0) is 50.9 Å². The molecule has 0 aromatic heterocycles. The summed E-state index contributed by atoms with van der Waals surface area (Å²) in [6.07, 6.45) is 2.21. The van der Waals surface area contributed by atoms with Gasteiger partial charge in [-0.1, -0.05) is 17.7 Å². The lowest BCUT2D eigenvalue weighted by atomic mass is 9.94. The van der Waals surface area contributed by atoms with Gasteiger partial charge in [-0.2, -0.15) is 0 Å². The maximum absolute atomic E-state index is 12.6. The maximum Gasteiger partial charge on any atom is 0.253 e. The number of amides is 1. The van der Waals surface area contributed by atoms with E-state index >= 15 is 0 Å². The third-order valence-electron chi connectivity index (χ3n) is 5.43. The monoisotopic (exact) mass is 349 g/mol. The highest BCUT2D eigenvalue weighted by Crippen LogP contribution is 2.22. The van der Waals surface area contributed by atoms with E-state index in [0.29, 0.717) is 22.5 Å². The standard InChI is InChI=1S/C19H28ClN3O/c1-15-13-21(2)10-11-23(15)14-16-6-8-22(9-7-16)19(24)17-4-3-5-18(20)12-17/h3-5,12,15-16H,6-11,13-14H2,1-2H3/t15-/m1/s1. The number of carbonyl (C=O) groups excluding carboxylic acids is 1. The summed E-state index contributed by atoms with van der Waals surface area (Å²) in [5, 5.41) is 0.625. The number of rotatable bonds is 3. The summed E-state index contributed by atoms with van der Waals surface area (Å²) in [5.41, 5.74) is 0.702. The van der Waals surface area contributed by atoms with Crippen molar-refractivity contribution in [2.45, 2.75) is 25.8 Å². The van der Waals surface area contributed by atoms with Crippen LogP contribution < -0.4 is 0 Å². The van der Waals surface area contributed by atoms with Crippen LogP contribution in [0.3, 0.4) is 0 Å². The number of nitrogens with zero attached hydrogens (tertiary/aromatic N) is 3. The van der Waals surface area contributed by atoms with Crippen LogP contribution in [0.2, 0.25) is 5.02 Å². The maximum atomic E-state index is 12.6. The van der Waals surface area contributed by atoms with Crippen molar-refractivity contribution < 1.29 is 4.79 Å². The van der Waals surface area contributed by atoms with E-state index in [1.54, 1.807) is 6.07 Å². The molecule has 2 saturated heterocycles. The van der Waals surface area contributed by atoms with E-state index in [1.165, 1.54) is 13.1 Å². The van der Waals surface area contributed by atoms with Crippen LogP contribution in [0.5, 0.6) is 0 Å². The molecule has 2 fully saturated rings. The number of hydrogen-bond acceptors (Lipinski definition) is 3. The molecule has 1 atom stereocenters. The zero-order valence-electron chi connectivity index (χ0n) is 14.7. The summed E-state index contributed by atoms with van der Waals surface area (Å²) < 4.78 is 0. The molecule has 132 valence electrons. The van der Waals surface area contributed by atoms with Crippen molar-refractivity contribution in [2.75, 3.05) is 46.3 Å². The summed E-state index contributed by atoms with van der Waals surface area (Å²) >= 11 is 6.00. The summed E-state index contributed by atoms with van der Waals surface area (Å²) in [5.74, 6) is 0.822. The third kappa shape index (κ3) is 4.29. The van der Waals surface area contributed by atoms with Crippen molar-refractivity contribution in [1.29, 1.82) is 0 Å². The lowest BCUT2D eigenvalue weighted by Crippen LogP contribution is -2.52. The van der Waals surface area contributed by atoms with E-state index < -0.39 is 0 Å². The van der Waals surface area contributed by atoms with Crippen molar-refractivity contribution >= 4 is 17.5 Å². The smallest absolute Gasteiger partial charge is 0.253 e. The van der Waals surface area contributed by atoms with Gasteiger partial charge in [-0.25, -0.2) is 0 Å². The molecule has 4 nitrogen and oxygen atoms in total. The molecule has 1 aromatic rings. The molecule has 1 amide bonds. The van der Waals surface area contributed by atoms with Crippen LogP contribution >= 0.6 is 11.6 Å². The Morgan fingerprint density at radius 3 is 2.62 bits per heavy atom. The first-order valence-corrected chi connectivity index (χ1v) is 9.38. The first-order valence-electron chi connectivity index (χ1n) is 9.00. The average molecular weight is 350 g/mol. The fourth-order valence-electron chi connectivity index (χ4n) is 3.90. The quantitative estimate of drug-likeness (QED) is 0.839. The van der Waals surface area contributed by atoms with Crippen LogP contribution in [0.1, 0.15) is 30.1 Å². The largest absolute Gasteiger partial charge is 0.339 e. The fraction of sp³-hybridized carbons (Fsp3) is 0.632. The fourth-order valence-corrected chi connectivity index (χ4v) is 4.09. The number of piperazine rings is 1. The van der Waals surface area contributed by atoms with Crippen LogP contribution in [0.15, 0.2) is 24.3 Å². The second kappa shape index (κ2) is 7.85. The molecule has 2 heterocycles. The Morgan fingerprint density at radius 2 is 1.96 bits per heavy atom. The predicted octanol–water partition coefficient (Wildman–Crippen LogP) is 2.83. The van der Waals surface area contributed by atoms with Crippen LogP contribution in [-0.4, -0.2) is 73.0 Å². The average Bonchev–Trinajstić information content (AvgIpc) is 2.57. The van der Waals surface area contributed by atoms with Gasteiger partial charge < -0.3 is 9.80 Å². The van der Waals surface area contributed by atoms with Gasteiger partial charge in [0.2, 0.25) is 0 Å². The van der Waals surface area contributed by atoms with Crippen LogP contribution in [-0.2, 0) is 0 Å². The summed E-state index contributed by atoms with van der Waals surface area (Å²) in [7, 11) is 2.20. The predicted molar refractivity (Wildman–Crippen MR) is 98.6 cm³/mol. The molecular weight excluding hydrogens is 322 g/mol. The zero-order chi connectivity index (χ0) is 17.1. The third-order valence-corrected chi connectivity index (χ3v) is 5.67. The minimum Gasteiger partial charge on any atom is -0.339 e. The minimum atomic E-state index is 0.115. The molecule has 3 rings (SSSR count). The summed E-state index contributed by atoms with van der Waals surface area (Å²) in [6.45, 7) is 8.71. The Bertz CT molecular complexity index is 571. The number of likely N-dealkylation sites (tertiary alicyclic amines) is 1. The second-order valence-electron chi connectivity index (χ2n) is 7.35. The highest BCUT2D eigenvalue weighted by Gasteiger charge is 2.28. The van der Waals surface area contributed by atoms with Gasteiger partial charge in [0, 0.05) is 55.9 Å². The molecule has 0 radical (unpaired) electrons. The van der Waals surface area contributed by atoms with Crippen LogP contribution in [0, 0.1) is 5.92 Å². The van der Waals surface area contributed by atoms with E-state index in [1.807, 2.05) is 23.1 Å². The number of hydrogen-bond donors (Lipinski definition) is 0. The first kappa shape index (κ1) is 17.7. The summed E-state index contributed by atoms with van der Waals surface area (Å²) in [6, 6.07) is 7.90. The number of piperidine rings is 1. The molecule has 2 aliphatic heterocycles. The van der Waals surface area contributed by atoms with E-state index in [4.69, 9.17) is 11.6 Å². The Labute approximate surface area is 150 Å². The Balaban J connectivity index is 1.50. The van der Waals surface area contributed by atoms with Crippen molar-refractivity contribution in [2.24, 2.45) is 5.92 Å². The molecule has 2 aliphatic rings. The van der Waals surface area contributed by atoms with Gasteiger partial charge in [0.25, 0.3) is 5.91 Å².